The van der Waals surface area contributed by atoms with Crippen LogP contribution in [0.3, 0.4) is 0 Å². The van der Waals surface area contributed by atoms with Gasteiger partial charge in [-0.3, -0.25) is 4.98 Å². The highest BCUT2D eigenvalue weighted by Gasteiger charge is 2.10. The fraction of sp³-hybridized carbons (Fsp3) is 0.0800. The number of hydrogen-bond acceptors (Lipinski definition) is 1. The van der Waals surface area contributed by atoms with Gasteiger partial charge in [-0.25, -0.2) is 0 Å². The van der Waals surface area contributed by atoms with E-state index in [9.17, 15) is 0 Å². The zero-order valence-electron chi connectivity index (χ0n) is 20.1. The number of pyridine rings is 1. The molecule has 0 radical (unpaired) electrons. The Morgan fingerprint density at radius 1 is 0.615 bits per heavy atom. The molecule has 0 aliphatic rings. The number of nitrogens with zero attached hydrogens (tertiary/aromatic N) is 1. The van der Waals surface area contributed by atoms with E-state index < -0.39 is 13.7 Å². The summed E-state index contributed by atoms with van der Waals surface area (Å²) in [5, 5.41) is 0. The molecule has 1 aromatic heterocycles. The van der Waals surface area contributed by atoms with Crippen LogP contribution in [0.2, 0.25) is 0 Å². The Bertz CT molecular complexity index is 1230. The molecule has 0 aliphatic carbocycles. The molecule has 4 aromatic rings. The van der Waals surface area contributed by atoms with Crippen LogP contribution in [-0.4, -0.2) is 4.98 Å². The smallest absolute Gasteiger partial charge is 0.0708 e. The summed E-state index contributed by atoms with van der Waals surface area (Å²) in [6.45, 7) is -4.87. The molecule has 26 heavy (non-hydrogen) atoms. The first-order chi connectivity index (χ1) is 15.1. The van der Waals surface area contributed by atoms with Crippen molar-refractivity contribution in [3.63, 3.8) is 0 Å². The van der Waals surface area contributed by atoms with Crippen molar-refractivity contribution in [3.05, 3.63) is 102 Å². The van der Waals surface area contributed by atoms with Gasteiger partial charge >= 0.3 is 0 Å². The van der Waals surface area contributed by atoms with E-state index >= 15 is 0 Å². The monoisotopic (exact) mass is 341 g/mol. The lowest BCUT2D eigenvalue weighted by molar-refractivity contribution is 1.26. The Hall–Kier alpha value is -3.19. The van der Waals surface area contributed by atoms with Crippen LogP contribution in [0.15, 0.2) is 91.1 Å². The molecule has 1 heterocycles. The predicted molar refractivity (Wildman–Crippen MR) is 110 cm³/mol. The second kappa shape index (κ2) is 6.97. The summed E-state index contributed by atoms with van der Waals surface area (Å²) in [6.07, 6.45) is 1.33. The van der Waals surface area contributed by atoms with Crippen LogP contribution in [0.4, 0.5) is 0 Å². The molecule has 4 rings (SSSR count). The molecule has 0 fully saturated rings. The van der Waals surface area contributed by atoms with Gasteiger partial charge in [-0.15, -0.1) is 0 Å². The Morgan fingerprint density at radius 3 is 2.00 bits per heavy atom. The van der Waals surface area contributed by atoms with Gasteiger partial charge in [0.05, 0.1) is 5.69 Å². The summed E-state index contributed by atoms with van der Waals surface area (Å²) in [7, 11) is 0. The van der Waals surface area contributed by atoms with E-state index in [4.69, 9.17) is 8.22 Å². The van der Waals surface area contributed by atoms with E-state index in [2.05, 4.69) is 4.98 Å². The molecule has 0 amide bonds. The van der Waals surface area contributed by atoms with E-state index in [1.54, 1.807) is 18.2 Å². The molecule has 3 aromatic carbocycles. The maximum Gasteiger partial charge on any atom is 0.0708 e. The largest absolute Gasteiger partial charge is 0.256 e. The quantitative estimate of drug-likeness (QED) is 0.404. The molecule has 0 saturated carbocycles. The molecule has 1 heteroatoms. The molecule has 0 spiro atoms. The summed E-state index contributed by atoms with van der Waals surface area (Å²) >= 11 is 0. The second-order valence-corrected chi connectivity index (χ2v) is 6.11. The first-order valence-corrected chi connectivity index (χ1v) is 8.41. The number of hydrogen-bond donors (Lipinski definition) is 0. The van der Waals surface area contributed by atoms with Gasteiger partial charge in [-0.05, 0) is 53.2 Å². The van der Waals surface area contributed by atoms with Gasteiger partial charge in [0, 0.05) is 20.0 Å². The molecule has 126 valence electrons. The van der Waals surface area contributed by atoms with Crippen LogP contribution in [0.1, 0.15) is 19.4 Å². The van der Waals surface area contributed by atoms with Crippen molar-refractivity contribution in [2.24, 2.45) is 0 Å². The van der Waals surface area contributed by atoms with E-state index in [1.807, 2.05) is 66.7 Å². The standard InChI is InChI=1S/C25H21N/c1-18-15-22(20-9-5-3-6-10-20)13-14-23(18)24-16-25(26-17-19(24)2)21-11-7-4-8-12-21/h3-17H,1-2H3/i1D3,2D3. The van der Waals surface area contributed by atoms with Crippen molar-refractivity contribution < 1.29 is 8.22 Å². The highest BCUT2D eigenvalue weighted by molar-refractivity contribution is 5.77. The average molecular weight is 341 g/mol. The lowest BCUT2D eigenvalue weighted by Crippen LogP contribution is -1.92. The summed E-state index contributed by atoms with van der Waals surface area (Å²) in [5.74, 6) is 0. The van der Waals surface area contributed by atoms with Crippen LogP contribution in [0.5, 0.6) is 0 Å². The maximum atomic E-state index is 8.14. The molecular weight excluding hydrogens is 314 g/mol. The normalized spacial score (nSPS) is 15.1. The molecule has 0 bridgehead atoms. The fourth-order valence-electron chi connectivity index (χ4n) is 3.03. The lowest BCUT2D eigenvalue weighted by Gasteiger charge is -2.13. The Labute approximate surface area is 163 Å². The Balaban J connectivity index is 1.97. The number of rotatable bonds is 3. The summed E-state index contributed by atoms with van der Waals surface area (Å²) < 4.78 is 48.4. The van der Waals surface area contributed by atoms with Crippen LogP contribution >= 0.6 is 0 Å². The predicted octanol–water partition coefficient (Wildman–Crippen LogP) is 6.70. The van der Waals surface area contributed by atoms with E-state index in [1.165, 1.54) is 6.20 Å². The number of benzene rings is 3. The van der Waals surface area contributed by atoms with Gasteiger partial charge < -0.3 is 0 Å². The summed E-state index contributed by atoms with van der Waals surface area (Å²) in [4.78, 5) is 4.36. The average Bonchev–Trinajstić information content (AvgIpc) is 2.78. The first-order valence-electron chi connectivity index (χ1n) is 11.4. The van der Waals surface area contributed by atoms with Crippen LogP contribution in [-0.2, 0) is 0 Å². The summed E-state index contributed by atoms with van der Waals surface area (Å²) in [6, 6.07) is 25.7. The topological polar surface area (TPSA) is 12.9 Å². The van der Waals surface area contributed by atoms with E-state index in [0.717, 1.165) is 16.7 Å². The molecule has 1 nitrogen and oxygen atoms in total. The van der Waals surface area contributed by atoms with Crippen molar-refractivity contribution in [3.8, 4) is 33.5 Å². The summed E-state index contributed by atoms with van der Waals surface area (Å²) in [5.41, 5.74) is 3.90. The molecule has 0 N–H and O–H groups in total. The third-order valence-corrected chi connectivity index (χ3v) is 4.39. The van der Waals surface area contributed by atoms with Crippen molar-refractivity contribution in [2.45, 2.75) is 13.7 Å². The molecule has 0 unspecified atom stereocenters. The number of aromatic nitrogens is 1. The molecule has 0 atom stereocenters. The molecule has 0 saturated heterocycles. The first kappa shape index (κ1) is 10.7. The number of aryl methyl sites for hydroxylation is 2. The Morgan fingerprint density at radius 2 is 1.31 bits per heavy atom. The maximum absolute atomic E-state index is 8.14. The van der Waals surface area contributed by atoms with Gasteiger partial charge in [0.1, 0.15) is 0 Å². The highest BCUT2D eigenvalue weighted by Crippen LogP contribution is 2.32. The molecular formula is C25H21N. The highest BCUT2D eigenvalue weighted by atomic mass is 14.7. The second-order valence-electron chi connectivity index (χ2n) is 6.11. The zero-order valence-corrected chi connectivity index (χ0v) is 14.1. The third kappa shape index (κ3) is 3.16. The van der Waals surface area contributed by atoms with Crippen molar-refractivity contribution >= 4 is 0 Å². The molecule has 0 aliphatic heterocycles. The van der Waals surface area contributed by atoms with Gasteiger partial charge in [0.15, 0.2) is 0 Å². The van der Waals surface area contributed by atoms with Crippen LogP contribution < -0.4 is 0 Å². The lowest BCUT2D eigenvalue weighted by atomic mass is 9.93. The van der Waals surface area contributed by atoms with E-state index in [-0.39, 0.29) is 11.1 Å². The van der Waals surface area contributed by atoms with Gasteiger partial charge in [0.25, 0.3) is 0 Å². The zero-order chi connectivity index (χ0) is 22.9. The van der Waals surface area contributed by atoms with Gasteiger partial charge in [-0.1, -0.05) is 78.9 Å². The van der Waals surface area contributed by atoms with Crippen LogP contribution in [0.25, 0.3) is 33.5 Å². The minimum absolute atomic E-state index is 0.0233. The minimum Gasteiger partial charge on any atom is -0.256 e. The van der Waals surface area contributed by atoms with E-state index in [0.29, 0.717) is 16.8 Å². The SMILES string of the molecule is [2H]C([2H])([2H])c1cnc(-c2ccccc2)cc1-c1ccc(-c2ccccc2)cc1C([2H])([2H])[2H]. The van der Waals surface area contributed by atoms with Crippen molar-refractivity contribution in [1.29, 1.82) is 0 Å². The van der Waals surface area contributed by atoms with Crippen molar-refractivity contribution in [1.82, 2.24) is 4.98 Å². The van der Waals surface area contributed by atoms with Gasteiger partial charge in [-0.2, -0.15) is 0 Å². The Kier molecular flexibility index (Phi) is 2.87. The third-order valence-electron chi connectivity index (χ3n) is 4.39. The van der Waals surface area contributed by atoms with Crippen molar-refractivity contribution in [2.75, 3.05) is 0 Å². The van der Waals surface area contributed by atoms with Gasteiger partial charge in [0.2, 0.25) is 0 Å². The van der Waals surface area contributed by atoms with Crippen LogP contribution in [0, 0.1) is 13.7 Å². The fourth-order valence-corrected chi connectivity index (χ4v) is 3.03. The minimum atomic E-state index is -2.44.